The molecule has 4 aliphatic carbocycles. The van der Waals surface area contributed by atoms with Crippen molar-refractivity contribution < 1.29 is 22.7 Å². The number of sulfonamides is 1. The van der Waals surface area contributed by atoms with Crippen LogP contribution in [0.1, 0.15) is 44.1 Å². The number of benzene rings is 2. The molecule has 2 aromatic rings. The van der Waals surface area contributed by atoms with Crippen molar-refractivity contribution in [2.24, 2.45) is 17.8 Å². The molecule has 7 nitrogen and oxygen atoms in total. The minimum Gasteiger partial charge on any atom is -0.493 e. The second-order valence-corrected chi connectivity index (χ2v) is 12.5. The zero-order valence-electron chi connectivity index (χ0n) is 20.6. The number of hydrogen-bond donors (Lipinski definition) is 1. The molecule has 0 aliphatic heterocycles. The summed E-state index contributed by atoms with van der Waals surface area (Å²) in [4.78, 5) is 12.9. The molecule has 0 unspecified atom stereocenters. The largest absolute Gasteiger partial charge is 0.493 e. The summed E-state index contributed by atoms with van der Waals surface area (Å²) in [5.74, 6) is 3.08. The number of anilines is 2. The maximum absolute atomic E-state index is 12.9. The summed E-state index contributed by atoms with van der Waals surface area (Å²) < 4.78 is 36.6. The van der Waals surface area contributed by atoms with Crippen LogP contribution in [-0.2, 0) is 20.2 Å². The molecular weight excluding hydrogens is 464 g/mol. The van der Waals surface area contributed by atoms with Crippen LogP contribution in [0.4, 0.5) is 11.4 Å². The molecule has 4 aliphatic rings. The second kappa shape index (κ2) is 9.04. The van der Waals surface area contributed by atoms with Crippen molar-refractivity contribution in [2.75, 3.05) is 36.6 Å². The first kappa shape index (κ1) is 24.0. The van der Waals surface area contributed by atoms with E-state index in [2.05, 4.69) is 17.4 Å². The Kier molecular flexibility index (Phi) is 6.20. The van der Waals surface area contributed by atoms with Crippen molar-refractivity contribution in [3.63, 3.8) is 0 Å². The smallest absolute Gasteiger partial charge is 0.245 e. The van der Waals surface area contributed by atoms with E-state index in [0.29, 0.717) is 28.3 Å². The maximum Gasteiger partial charge on any atom is 0.245 e. The highest BCUT2D eigenvalue weighted by Gasteiger charge is 2.51. The summed E-state index contributed by atoms with van der Waals surface area (Å²) in [5.41, 5.74) is 2.69. The van der Waals surface area contributed by atoms with Crippen molar-refractivity contribution in [3.05, 3.63) is 48.0 Å². The first-order valence-electron chi connectivity index (χ1n) is 12.3. The minimum atomic E-state index is -3.71. The van der Waals surface area contributed by atoms with Gasteiger partial charge in [-0.3, -0.25) is 9.10 Å². The minimum absolute atomic E-state index is 0.303. The number of carbonyl (C=O) groups excluding carboxylic acids is 1. The quantitative estimate of drug-likeness (QED) is 0.576. The van der Waals surface area contributed by atoms with Gasteiger partial charge in [0.2, 0.25) is 15.9 Å². The van der Waals surface area contributed by atoms with E-state index in [9.17, 15) is 13.2 Å². The van der Waals surface area contributed by atoms with Crippen molar-refractivity contribution >= 4 is 27.3 Å². The maximum atomic E-state index is 12.9. The van der Waals surface area contributed by atoms with Crippen molar-refractivity contribution in [3.8, 4) is 11.5 Å². The molecule has 0 spiro atoms. The Balaban J connectivity index is 1.29. The van der Waals surface area contributed by atoms with Crippen LogP contribution in [0, 0.1) is 17.8 Å². The van der Waals surface area contributed by atoms with Gasteiger partial charge in [-0.25, -0.2) is 8.42 Å². The molecule has 4 fully saturated rings. The first-order chi connectivity index (χ1) is 16.7. The van der Waals surface area contributed by atoms with Gasteiger partial charge in [0.1, 0.15) is 6.54 Å². The third kappa shape index (κ3) is 4.73. The van der Waals surface area contributed by atoms with Gasteiger partial charge in [0.05, 0.1) is 26.2 Å². The Morgan fingerprint density at radius 2 is 1.51 bits per heavy atom. The highest BCUT2D eigenvalue weighted by Crippen LogP contribution is 2.60. The van der Waals surface area contributed by atoms with E-state index < -0.39 is 15.9 Å². The Hall–Kier alpha value is -2.74. The lowest BCUT2D eigenvalue weighted by molar-refractivity contribution is -0.114. The molecule has 6 rings (SSSR count). The molecule has 0 atom stereocenters. The van der Waals surface area contributed by atoms with Crippen molar-refractivity contribution in [2.45, 2.75) is 43.9 Å². The fraction of sp³-hybridized carbons (Fsp3) is 0.519. The molecule has 1 amide bonds. The Morgan fingerprint density at radius 1 is 0.943 bits per heavy atom. The molecular formula is C27H34N2O5S. The first-order valence-corrected chi connectivity index (χ1v) is 14.1. The SMILES string of the molecule is COc1ccc(N(CC(=O)Nc2ccc(C34CC5CC(CC(C5)C3)C4)cc2)S(C)(=O)=O)cc1OC. The van der Waals surface area contributed by atoms with Crippen LogP contribution in [0.3, 0.4) is 0 Å². The summed E-state index contributed by atoms with van der Waals surface area (Å²) in [6.07, 6.45) is 9.17. The zero-order valence-corrected chi connectivity index (χ0v) is 21.4. The molecule has 8 heteroatoms. The van der Waals surface area contributed by atoms with E-state index in [1.165, 1.54) is 58.3 Å². The van der Waals surface area contributed by atoms with Gasteiger partial charge in [-0.1, -0.05) is 12.1 Å². The topological polar surface area (TPSA) is 84.9 Å². The molecule has 1 N–H and O–H groups in total. The molecule has 0 saturated heterocycles. The Labute approximate surface area is 207 Å². The van der Waals surface area contributed by atoms with E-state index in [0.717, 1.165) is 28.3 Å². The highest BCUT2D eigenvalue weighted by atomic mass is 32.2. The fourth-order valence-electron chi connectivity index (χ4n) is 7.08. The van der Waals surface area contributed by atoms with E-state index in [1.54, 1.807) is 18.2 Å². The summed E-state index contributed by atoms with van der Waals surface area (Å²) in [6, 6.07) is 13.0. The molecule has 35 heavy (non-hydrogen) atoms. The number of methoxy groups -OCH3 is 2. The average molecular weight is 499 g/mol. The van der Waals surface area contributed by atoms with Gasteiger partial charge in [-0.15, -0.1) is 0 Å². The van der Waals surface area contributed by atoms with Gasteiger partial charge >= 0.3 is 0 Å². The van der Waals surface area contributed by atoms with Crippen LogP contribution in [0.25, 0.3) is 0 Å². The number of nitrogens with one attached hydrogen (secondary N) is 1. The number of ether oxygens (including phenoxy) is 2. The number of hydrogen-bond acceptors (Lipinski definition) is 5. The lowest BCUT2D eigenvalue weighted by Gasteiger charge is -2.57. The normalized spacial score (nSPS) is 26.9. The Morgan fingerprint density at radius 3 is 2.03 bits per heavy atom. The monoisotopic (exact) mass is 498 g/mol. The van der Waals surface area contributed by atoms with Gasteiger partial charge in [0.25, 0.3) is 0 Å². The molecule has 0 radical (unpaired) electrons. The molecule has 2 aromatic carbocycles. The van der Waals surface area contributed by atoms with Crippen LogP contribution < -0.4 is 19.1 Å². The fourth-order valence-corrected chi connectivity index (χ4v) is 7.93. The number of carbonyl (C=O) groups is 1. The number of nitrogens with zero attached hydrogens (tertiary/aromatic N) is 1. The third-order valence-electron chi connectivity index (χ3n) is 8.16. The van der Waals surface area contributed by atoms with E-state index in [-0.39, 0.29) is 6.54 Å². The molecule has 0 aromatic heterocycles. The van der Waals surface area contributed by atoms with Gasteiger partial charge in [-0.2, -0.15) is 0 Å². The number of rotatable bonds is 8. The summed E-state index contributed by atoms with van der Waals surface area (Å²) >= 11 is 0. The summed E-state index contributed by atoms with van der Waals surface area (Å²) in [6.45, 7) is -0.342. The van der Waals surface area contributed by atoms with E-state index in [4.69, 9.17) is 9.47 Å². The van der Waals surface area contributed by atoms with Crippen LogP contribution in [0.2, 0.25) is 0 Å². The van der Waals surface area contributed by atoms with Crippen LogP contribution in [0.15, 0.2) is 42.5 Å². The van der Waals surface area contributed by atoms with Crippen LogP contribution in [-0.4, -0.2) is 41.3 Å². The molecule has 188 valence electrons. The summed E-state index contributed by atoms with van der Waals surface area (Å²) in [5, 5.41) is 2.87. The molecule has 0 heterocycles. The lowest BCUT2D eigenvalue weighted by Crippen LogP contribution is -2.48. The average Bonchev–Trinajstić information content (AvgIpc) is 2.81. The molecule has 4 bridgehead atoms. The molecule has 4 saturated carbocycles. The lowest BCUT2D eigenvalue weighted by atomic mass is 9.48. The Bertz CT molecular complexity index is 1170. The summed E-state index contributed by atoms with van der Waals surface area (Å²) in [7, 11) is -0.720. The predicted octanol–water partition coefficient (Wildman–Crippen LogP) is 4.58. The van der Waals surface area contributed by atoms with Crippen molar-refractivity contribution in [1.29, 1.82) is 0 Å². The van der Waals surface area contributed by atoms with Gasteiger partial charge in [0.15, 0.2) is 11.5 Å². The van der Waals surface area contributed by atoms with Crippen LogP contribution in [0.5, 0.6) is 11.5 Å². The van der Waals surface area contributed by atoms with Gasteiger partial charge in [0, 0.05) is 11.8 Å². The van der Waals surface area contributed by atoms with E-state index >= 15 is 0 Å². The third-order valence-corrected chi connectivity index (χ3v) is 9.30. The van der Waals surface area contributed by atoms with E-state index in [1.807, 2.05) is 12.1 Å². The zero-order chi connectivity index (χ0) is 24.8. The van der Waals surface area contributed by atoms with Crippen LogP contribution >= 0.6 is 0 Å². The van der Waals surface area contributed by atoms with Gasteiger partial charge in [-0.05, 0) is 91.5 Å². The van der Waals surface area contributed by atoms with Crippen molar-refractivity contribution in [1.82, 2.24) is 0 Å². The van der Waals surface area contributed by atoms with Gasteiger partial charge < -0.3 is 14.8 Å². The number of amides is 1. The highest BCUT2D eigenvalue weighted by molar-refractivity contribution is 7.92. The predicted molar refractivity (Wildman–Crippen MR) is 137 cm³/mol. The standard InChI is InChI=1S/C27H34N2O5S/c1-33-24-9-8-23(13-25(24)34-2)29(35(3,31)32)17-26(30)28-22-6-4-21(5-7-22)27-14-18-10-19(15-27)12-20(11-18)16-27/h4-9,13,18-20H,10-12,14-17H2,1-3H3,(H,28,30). The second-order valence-electron chi connectivity index (χ2n) is 10.6.